The van der Waals surface area contributed by atoms with E-state index in [0.717, 1.165) is 5.56 Å². The van der Waals surface area contributed by atoms with Gasteiger partial charge in [0, 0.05) is 5.46 Å². The predicted octanol–water partition coefficient (Wildman–Crippen LogP) is 0.122. The number of rotatable bonds is 1. The van der Waals surface area contributed by atoms with Gasteiger partial charge in [0.25, 0.3) is 0 Å². The first kappa shape index (κ1) is 9.22. The highest BCUT2D eigenvalue weighted by atomic mass is 19.1. The van der Waals surface area contributed by atoms with Crippen LogP contribution in [0.5, 0.6) is 0 Å². The number of aryl methyl sites for hydroxylation is 2. The molecular weight excluding hydrogens is 158 g/mol. The Kier molecular flexibility index (Phi) is 2.50. The Bertz CT molecular complexity index is 299. The summed E-state index contributed by atoms with van der Waals surface area (Å²) in [5.41, 5.74) is 1.18. The van der Waals surface area contributed by atoms with E-state index in [4.69, 9.17) is 10.0 Å². The molecular formula is C8H10BFO2. The molecule has 1 rings (SSSR count). The lowest BCUT2D eigenvalue weighted by Crippen LogP contribution is -2.33. The summed E-state index contributed by atoms with van der Waals surface area (Å²) in [5, 5.41) is 17.5. The van der Waals surface area contributed by atoms with E-state index in [2.05, 4.69) is 0 Å². The van der Waals surface area contributed by atoms with Gasteiger partial charge in [-0.15, -0.1) is 0 Å². The molecule has 12 heavy (non-hydrogen) atoms. The summed E-state index contributed by atoms with van der Waals surface area (Å²) in [6.45, 7) is 3.37. The fourth-order valence-corrected chi connectivity index (χ4v) is 1.17. The molecule has 0 saturated carbocycles. The van der Waals surface area contributed by atoms with E-state index in [-0.39, 0.29) is 5.46 Å². The second kappa shape index (κ2) is 3.25. The topological polar surface area (TPSA) is 40.5 Å². The predicted molar refractivity (Wildman–Crippen MR) is 45.7 cm³/mol. The van der Waals surface area contributed by atoms with Gasteiger partial charge in [0.2, 0.25) is 0 Å². The molecule has 0 heterocycles. The normalized spacial score (nSPS) is 10.1. The van der Waals surface area contributed by atoms with Crippen LogP contribution in [0.4, 0.5) is 4.39 Å². The first-order valence-electron chi connectivity index (χ1n) is 3.65. The minimum Gasteiger partial charge on any atom is -0.423 e. The van der Waals surface area contributed by atoms with E-state index in [1.54, 1.807) is 19.9 Å². The van der Waals surface area contributed by atoms with Crippen molar-refractivity contribution in [3.05, 3.63) is 29.1 Å². The molecule has 0 aliphatic rings. The summed E-state index contributed by atoms with van der Waals surface area (Å²) < 4.78 is 13.1. The van der Waals surface area contributed by atoms with Gasteiger partial charge >= 0.3 is 7.12 Å². The lowest BCUT2D eigenvalue weighted by Gasteiger charge is -2.05. The summed E-state index contributed by atoms with van der Waals surface area (Å²) in [7, 11) is -1.73. The maximum Gasteiger partial charge on any atom is 0.491 e. The third kappa shape index (κ3) is 1.65. The van der Waals surface area contributed by atoms with E-state index in [0.29, 0.717) is 5.56 Å². The average Bonchev–Trinajstić information content (AvgIpc) is 1.96. The lowest BCUT2D eigenvalue weighted by molar-refractivity contribution is 0.422. The molecule has 1 aromatic carbocycles. The second-order valence-electron chi connectivity index (χ2n) is 2.86. The first-order valence-corrected chi connectivity index (χ1v) is 3.65. The Morgan fingerprint density at radius 1 is 1.25 bits per heavy atom. The zero-order chi connectivity index (χ0) is 9.30. The summed E-state index contributed by atoms with van der Waals surface area (Å²) in [5.74, 6) is -0.546. The van der Waals surface area contributed by atoms with E-state index >= 15 is 0 Å². The molecule has 0 aromatic heterocycles. The van der Waals surface area contributed by atoms with Crippen LogP contribution in [0.15, 0.2) is 12.1 Å². The van der Waals surface area contributed by atoms with Crippen molar-refractivity contribution in [2.75, 3.05) is 0 Å². The Balaban J connectivity index is 3.28. The SMILES string of the molecule is Cc1cc(C)c(F)c(B(O)O)c1. The fourth-order valence-electron chi connectivity index (χ4n) is 1.17. The maximum absolute atomic E-state index is 13.1. The molecule has 0 atom stereocenters. The summed E-state index contributed by atoms with van der Waals surface area (Å²) >= 11 is 0. The van der Waals surface area contributed by atoms with Crippen LogP contribution in [0.3, 0.4) is 0 Å². The number of benzene rings is 1. The molecule has 0 fully saturated rings. The van der Waals surface area contributed by atoms with Crippen molar-refractivity contribution >= 4 is 12.6 Å². The monoisotopic (exact) mass is 168 g/mol. The third-order valence-corrected chi connectivity index (χ3v) is 1.71. The van der Waals surface area contributed by atoms with Crippen LogP contribution in [0.1, 0.15) is 11.1 Å². The molecule has 4 heteroatoms. The first-order chi connectivity index (χ1) is 5.52. The van der Waals surface area contributed by atoms with Crippen LogP contribution in [0.2, 0.25) is 0 Å². The fraction of sp³-hybridized carbons (Fsp3) is 0.250. The molecule has 0 radical (unpaired) electrons. The number of halogens is 1. The molecule has 0 bridgehead atoms. The molecule has 0 aliphatic carbocycles. The van der Waals surface area contributed by atoms with Crippen molar-refractivity contribution < 1.29 is 14.4 Å². The van der Waals surface area contributed by atoms with Gasteiger partial charge in [-0.05, 0) is 19.4 Å². The van der Waals surface area contributed by atoms with Crippen LogP contribution in [0.25, 0.3) is 0 Å². The van der Waals surface area contributed by atoms with Crippen LogP contribution < -0.4 is 5.46 Å². The van der Waals surface area contributed by atoms with Crippen molar-refractivity contribution in [3.63, 3.8) is 0 Å². The minimum atomic E-state index is -1.73. The van der Waals surface area contributed by atoms with Gasteiger partial charge < -0.3 is 10.0 Å². The number of hydrogen-bond donors (Lipinski definition) is 2. The largest absolute Gasteiger partial charge is 0.491 e. The van der Waals surface area contributed by atoms with Gasteiger partial charge in [-0.3, -0.25) is 0 Å². The molecule has 64 valence electrons. The minimum absolute atomic E-state index is 0.0625. The molecule has 0 unspecified atom stereocenters. The average molecular weight is 168 g/mol. The lowest BCUT2D eigenvalue weighted by atomic mass is 9.78. The molecule has 0 aliphatic heterocycles. The van der Waals surface area contributed by atoms with Crippen LogP contribution in [-0.4, -0.2) is 17.2 Å². The quantitative estimate of drug-likeness (QED) is 0.584. The molecule has 2 nitrogen and oxygen atoms in total. The van der Waals surface area contributed by atoms with Crippen molar-refractivity contribution in [2.45, 2.75) is 13.8 Å². The van der Waals surface area contributed by atoms with Crippen LogP contribution in [0, 0.1) is 19.7 Å². The smallest absolute Gasteiger partial charge is 0.423 e. The van der Waals surface area contributed by atoms with Crippen molar-refractivity contribution in [1.82, 2.24) is 0 Å². The van der Waals surface area contributed by atoms with Crippen LogP contribution >= 0.6 is 0 Å². The highest BCUT2D eigenvalue weighted by molar-refractivity contribution is 6.58. The molecule has 0 amide bonds. The van der Waals surface area contributed by atoms with E-state index in [1.165, 1.54) is 6.07 Å². The van der Waals surface area contributed by atoms with Gasteiger partial charge in [0.1, 0.15) is 5.82 Å². The van der Waals surface area contributed by atoms with E-state index < -0.39 is 12.9 Å². The maximum atomic E-state index is 13.1. The summed E-state index contributed by atoms with van der Waals surface area (Å²) in [6, 6.07) is 3.08. The van der Waals surface area contributed by atoms with Gasteiger partial charge in [0.15, 0.2) is 0 Å². The molecule has 1 aromatic rings. The summed E-state index contributed by atoms with van der Waals surface area (Å²) in [4.78, 5) is 0. The van der Waals surface area contributed by atoms with Crippen LogP contribution in [-0.2, 0) is 0 Å². The zero-order valence-corrected chi connectivity index (χ0v) is 7.00. The van der Waals surface area contributed by atoms with Crippen molar-refractivity contribution in [1.29, 1.82) is 0 Å². The Hall–Kier alpha value is -0.865. The zero-order valence-electron chi connectivity index (χ0n) is 7.00. The standard InChI is InChI=1S/C8H10BFO2/c1-5-3-6(2)8(10)7(4-5)9(11)12/h3-4,11-12H,1-2H3. The van der Waals surface area contributed by atoms with Crippen molar-refractivity contribution in [2.24, 2.45) is 0 Å². The molecule has 0 saturated heterocycles. The number of hydrogen-bond acceptors (Lipinski definition) is 2. The van der Waals surface area contributed by atoms with Gasteiger partial charge in [-0.25, -0.2) is 4.39 Å². The molecule has 0 spiro atoms. The Morgan fingerprint density at radius 3 is 2.33 bits per heavy atom. The van der Waals surface area contributed by atoms with Crippen molar-refractivity contribution in [3.8, 4) is 0 Å². The van der Waals surface area contributed by atoms with E-state index in [1.807, 2.05) is 0 Å². The highest BCUT2D eigenvalue weighted by Crippen LogP contribution is 2.06. The molecule has 2 N–H and O–H groups in total. The highest BCUT2D eigenvalue weighted by Gasteiger charge is 2.17. The van der Waals surface area contributed by atoms with E-state index in [9.17, 15) is 4.39 Å². The van der Waals surface area contributed by atoms with Gasteiger partial charge in [-0.2, -0.15) is 0 Å². The Morgan fingerprint density at radius 2 is 1.83 bits per heavy atom. The summed E-state index contributed by atoms with van der Waals surface area (Å²) in [6.07, 6.45) is 0. The van der Waals surface area contributed by atoms with Gasteiger partial charge in [0.05, 0.1) is 0 Å². The van der Waals surface area contributed by atoms with Gasteiger partial charge in [-0.1, -0.05) is 17.7 Å². The third-order valence-electron chi connectivity index (χ3n) is 1.71. The second-order valence-corrected chi connectivity index (χ2v) is 2.86. The Labute approximate surface area is 70.8 Å².